The van der Waals surface area contributed by atoms with Gasteiger partial charge in [0.05, 0.1) is 0 Å². The van der Waals surface area contributed by atoms with E-state index in [4.69, 9.17) is 4.74 Å². The fourth-order valence-corrected chi connectivity index (χ4v) is 3.90. The fraction of sp³-hybridized carbons (Fsp3) is 0.833. The van der Waals surface area contributed by atoms with E-state index in [0.717, 1.165) is 37.0 Å². The van der Waals surface area contributed by atoms with Crippen molar-refractivity contribution in [2.45, 2.75) is 77.2 Å². The average molecular weight is 278 g/mol. The van der Waals surface area contributed by atoms with Crippen LogP contribution in [0.15, 0.2) is 12.7 Å². The molecule has 0 unspecified atom stereocenters. The lowest BCUT2D eigenvalue weighted by Gasteiger charge is -2.37. The summed E-state index contributed by atoms with van der Waals surface area (Å²) >= 11 is 0. The smallest absolute Gasteiger partial charge is 0.306 e. The summed E-state index contributed by atoms with van der Waals surface area (Å²) < 4.78 is 5.56. The number of carbonyl (C=O) groups is 1. The Balaban J connectivity index is 1.67. The van der Waals surface area contributed by atoms with E-state index in [-0.39, 0.29) is 12.1 Å². The third-order valence-corrected chi connectivity index (χ3v) is 5.30. The second-order valence-corrected chi connectivity index (χ2v) is 6.87. The number of allylic oxidation sites excluding steroid dienone is 1. The minimum Gasteiger partial charge on any atom is -0.462 e. The van der Waals surface area contributed by atoms with Gasteiger partial charge in [-0.1, -0.05) is 25.8 Å². The van der Waals surface area contributed by atoms with E-state index >= 15 is 0 Å². The van der Waals surface area contributed by atoms with E-state index in [9.17, 15) is 4.79 Å². The van der Waals surface area contributed by atoms with Crippen LogP contribution < -0.4 is 0 Å². The lowest BCUT2D eigenvalue weighted by Crippen LogP contribution is -2.29. The first-order chi connectivity index (χ1) is 9.69. The summed E-state index contributed by atoms with van der Waals surface area (Å²) in [7, 11) is 0. The maximum atomic E-state index is 11.6. The monoisotopic (exact) mass is 278 g/mol. The first kappa shape index (κ1) is 15.6. The summed E-state index contributed by atoms with van der Waals surface area (Å²) in [6.45, 7) is 6.02. The van der Waals surface area contributed by atoms with Gasteiger partial charge in [0.15, 0.2) is 0 Å². The Bertz CT molecular complexity index is 307. The molecule has 2 nitrogen and oxygen atoms in total. The van der Waals surface area contributed by atoms with Crippen molar-refractivity contribution in [1.82, 2.24) is 0 Å². The predicted octanol–water partition coefficient (Wildman–Crippen LogP) is 4.88. The van der Waals surface area contributed by atoms with Gasteiger partial charge in [0, 0.05) is 6.42 Å². The zero-order valence-electron chi connectivity index (χ0n) is 13.0. The molecular weight excluding hydrogens is 248 g/mol. The molecule has 0 aromatic heterocycles. The van der Waals surface area contributed by atoms with Crippen LogP contribution in [0.4, 0.5) is 0 Å². The second kappa shape index (κ2) is 7.85. The lowest BCUT2D eigenvalue weighted by atomic mass is 9.71. The highest BCUT2D eigenvalue weighted by atomic mass is 16.5. The molecule has 2 saturated carbocycles. The highest BCUT2D eigenvalue weighted by Crippen LogP contribution is 2.40. The van der Waals surface area contributed by atoms with E-state index in [1.54, 1.807) is 6.08 Å². The largest absolute Gasteiger partial charge is 0.462 e. The minimum atomic E-state index is -0.0418. The van der Waals surface area contributed by atoms with Crippen molar-refractivity contribution in [1.29, 1.82) is 0 Å². The molecule has 2 rings (SSSR count). The van der Waals surface area contributed by atoms with Gasteiger partial charge in [-0.2, -0.15) is 0 Å². The Hall–Kier alpha value is -0.790. The average Bonchev–Trinajstić information content (AvgIpc) is 2.47. The standard InChI is InChI=1S/C18H30O2/c1-3-4-5-18(19)20-17-12-10-16(11-13-17)15-8-6-14(2)7-9-15/h3,14-17H,1,4-13H2,2H3/t14-,15-,16-,17-. The van der Waals surface area contributed by atoms with Crippen LogP contribution in [0.25, 0.3) is 0 Å². The molecule has 0 bridgehead atoms. The summed E-state index contributed by atoms with van der Waals surface area (Å²) in [6.07, 6.45) is 13.6. The molecule has 2 aliphatic carbocycles. The molecule has 0 amide bonds. The van der Waals surface area contributed by atoms with Crippen molar-refractivity contribution >= 4 is 5.97 Å². The molecule has 2 fully saturated rings. The molecule has 0 N–H and O–H groups in total. The molecule has 20 heavy (non-hydrogen) atoms. The Kier molecular flexibility index (Phi) is 6.12. The van der Waals surface area contributed by atoms with Crippen LogP contribution in [0, 0.1) is 17.8 Å². The van der Waals surface area contributed by atoms with Gasteiger partial charge in [0.2, 0.25) is 0 Å². The molecule has 0 aromatic carbocycles. The second-order valence-electron chi connectivity index (χ2n) is 6.87. The number of hydrogen-bond acceptors (Lipinski definition) is 2. The van der Waals surface area contributed by atoms with E-state index < -0.39 is 0 Å². The van der Waals surface area contributed by atoms with Gasteiger partial charge in [-0.25, -0.2) is 0 Å². The predicted molar refractivity (Wildman–Crippen MR) is 82.4 cm³/mol. The van der Waals surface area contributed by atoms with Gasteiger partial charge in [-0.3, -0.25) is 4.79 Å². The first-order valence-electron chi connectivity index (χ1n) is 8.49. The van der Waals surface area contributed by atoms with Gasteiger partial charge in [0.25, 0.3) is 0 Å². The van der Waals surface area contributed by atoms with Crippen LogP contribution in [0.2, 0.25) is 0 Å². The van der Waals surface area contributed by atoms with Gasteiger partial charge in [0.1, 0.15) is 6.10 Å². The molecule has 0 aliphatic heterocycles. The van der Waals surface area contributed by atoms with Gasteiger partial charge < -0.3 is 4.74 Å². The summed E-state index contributed by atoms with van der Waals surface area (Å²) in [4.78, 5) is 11.6. The van der Waals surface area contributed by atoms with Crippen molar-refractivity contribution in [3.8, 4) is 0 Å². The zero-order valence-corrected chi connectivity index (χ0v) is 13.0. The van der Waals surface area contributed by atoms with Crippen molar-refractivity contribution in [3.63, 3.8) is 0 Å². The summed E-state index contributed by atoms with van der Waals surface area (Å²) in [5.74, 6) is 2.74. The Morgan fingerprint density at radius 2 is 1.60 bits per heavy atom. The number of ether oxygens (including phenoxy) is 1. The zero-order chi connectivity index (χ0) is 14.4. The minimum absolute atomic E-state index is 0.0418. The topological polar surface area (TPSA) is 26.3 Å². The van der Waals surface area contributed by atoms with Crippen LogP contribution in [0.3, 0.4) is 0 Å². The van der Waals surface area contributed by atoms with E-state index in [0.29, 0.717) is 6.42 Å². The summed E-state index contributed by atoms with van der Waals surface area (Å²) in [5.41, 5.74) is 0. The Labute approximate surface area is 124 Å². The molecule has 114 valence electrons. The van der Waals surface area contributed by atoms with E-state index in [1.807, 2.05) is 0 Å². The maximum Gasteiger partial charge on any atom is 0.306 e. The van der Waals surface area contributed by atoms with Gasteiger partial charge in [-0.15, -0.1) is 6.58 Å². The van der Waals surface area contributed by atoms with Crippen molar-refractivity contribution < 1.29 is 9.53 Å². The van der Waals surface area contributed by atoms with Crippen molar-refractivity contribution in [2.24, 2.45) is 17.8 Å². The molecular formula is C18H30O2. The van der Waals surface area contributed by atoms with Gasteiger partial charge in [-0.05, 0) is 62.7 Å². The summed E-state index contributed by atoms with van der Waals surface area (Å²) in [6, 6.07) is 0. The van der Waals surface area contributed by atoms with Crippen LogP contribution in [0.1, 0.15) is 71.1 Å². The summed E-state index contributed by atoms with van der Waals surface area (Å²) in [5, 5.41) is 0. The number of hydrogen-bond donors (Lipinski definition) is 0. The van der Waals surface area contributed by atoms with Gasteiger partial charge >= 0.3 is 5.97 Å². The van der Waals surface area contributed by atoms with Crippen LogP contribution in [0.5, 0.6) is 0 Å². The van der Waals surface area contributed by atoms with E-state index in [1.165, 1.54) is 38.5 Å². The maximum absolute atomic E-state index is 11.6. The SMILES string of the molecule is C=CCCC(=O)O[C@H]1CC[C@H]([C@H]2CC[C@H](C)CC2)CC1. The normalized spacial score (nSPS) is 34.5. The lowest BCUT2D eigenvalue weighted by molar-refractivity contribution is -0.151. The van der Waals surface area contributed by atoms with Crippen LogP contribution >= 0.6 is 0 Å². The molecule has 0 atom stereocenters. The quantitative estimate of drug-likeness (QED) is 0.529. The molecule has 2 heteroatoms. The molecule has 0 heterocycles. The van der Waals surface area contributed by atoms with Crippen LogP contribution in [-0.4, -0.2) is 12.1 Å². The Morgan fingerprint density at radius 3 is 2.15 bits per heavy atom. The molecule has 0 saturated heterocycles. The highest BCUT2D eigenvalue weighted by molar-refractivity contribution is 5.69. The molecule has 0 spiro atoms. The van der Waals surface area contributed by atoms with Crippen molar-refractivity contribution in [2.75, 3.05) is 0 Å². The van der Waals surface area contributed by atoms with E-state index in [2.05, 4.69) is 13.5 Å². The number of rotatable bonds is 5. The first-order valence-corrected chi connectivity index (χ1v) is 8.49. The third kappa shape index (κ3) is 4.64. The number of esters is 1. The fourth-order valence-electron chi connectivity index (χ4n) is 3.90. The molecule has 0 radical (unpaired) electrons. The Morgan fingerprint density at radius 1 is 1.05 bits per heavy atom. The molecule has 0 aromatic rings. The van der Waals surface area contributed by atoms with Crippen molar-refractivity contribution in [3.05, 3.63) is 12.7 Å². The highest BCUT2D eigenvalue weighted by Gasteiger charge is 2.30. The van der Waals surface area contributed by atoms with Crippen LogP contribution in [-0.2, 0) is 9.53 Å². The molecule has 2 aliphatic rings. The third-order valence-electron chi connectivity index (χ3n) is 5.30. The number of carbonyl (C=O) groups excluding carboxylic acids is 1.